The molecule has 0 spiro atoms. The van der Waals surface area contributed by atoms with Crippen molar-refractivity contribution >= 4 is 0 Å². The molecule has 0 aromatic carbocycles. The molecule has 0 rings (SSSR count). The topological polar surface area (TPSA) is 12.0 Å². The molecule has 0 aliphatic heterocycles. The van der Waals surface area contributed by atoms with E-state index in [1.807, 2.05) is 0 Å². The van der Waals surface area contributed by atoms with Crippen molar-refractivity contribution in [3.05, 3.63) is 11.9 Å². The van der Waals surface area contributed by atoms with Gasteiger partial charge in [-0.05, 0) is 13.1 Å². The van der Waals surface area contributed by atoms with Gasteiger partial charge in [-0.3, -0.25) is 0 Å². The second-order valence-corrected chi connectivity index (χ2v) is 2.76. The van der Waals surface area contributed by atoms with Gasteiger partial charge in [-0.15, -0.1) is 0 Å². The summed E-state index contributed by atoms with van der Waals surface area (Å²) < 4.78 is 96.6. The smallest absolute Gasteiger partial charge is 0.316 e. The number of halogens is 8. The zero-order valence-electron chi connectivity index (χ0n) is 7.81. The van der Waals surface area contributed by atoms with Gasteiger partial charge in [0.15, 0.2) is 5.83 Å². The van der Waals surface area contributed by atoms with Crippen LogP contribution < -0.4 is 5.32 Å². The maximum Gasteiger partial charge on any atom is 0.460 e. The lowest BCUT2D eigenvalue weighted by molar-refractivity contribution is -0.347. The van der Waals surface area contributed by atoms with Crippen LogP contribution in [0.5, 0.6) is 0 Å². The third kappa shape index (κ3) is 2.63. The minimum absolute atomic E-state index is 0.0837. The van der Waals surface area contributed by atoms with Crippen molar-refractivity contribution in [2.24, 2.45) is 0 Å². The summed E-state index contributed by atoms with van der Waals surface area (Å²) in [5.74, 6) is -15.2. The highest BCUT2D eigenvalue weighted by Crippen LogP contribution is 2.49. The Morgan fingerprint density at radius 3 is 1.81 bits per heavy atom. The van der Waals surface area contributed by atoms with Crippen LogP contribution in [0.1, 0.15) is 0 Å². The summed E-state index contributed by atoms with van der Waals surface area (Å²) in [6, 6.07) is 0. The monoisotopic (exact) mass is 257 g/mol. The van der Waals surface area contributed by atoms with Crippen LogP contribution in [0.3, 0.4) is 0 Å². The summed E-state index contributed by atoms with van der Waals surface area (Å²) in [5.41, 5.74) is 0. The van der Waals surface area contributed by atoms with E-state index in [-0.39, 0.29) is 6.08 Å². The Bertz CT molecular complexity index is 266. The van der Waals surface area contributed by atoms with Crippen molar-refractivity contribution in [1.82, 2.24) is 5.32 Å². The molecule has 0 aromatic rings. The van der Waals surface area contributed by atoms with E-state index in [0.29, 0.717) is 0 Å². The Balaban J connectivity index is 5.19. The lowest BCUT2D eigenvalue weighted by atomic mass is 10.1. The number of hydrogen-bond acceptors (Lipinski definition) is 1. The summed E-state index contributed by atoms with van der Waals surface area (Å²) in [4.78, 5) is 0. The van der Waals surface area contributed by atoms with Crippen LogP contribution in [0, 0.1) is 0 Å². The van der Waals surface area contributed by atoms with E-state index in [4.69, 9.17) is 0 Å². The normalized spacial score (nSPS) is 15.4. The minimum atomic E-state index is -6.53. The van der Waals surface area contributed by atoms with Gasteiger partial charge >= 0.3 is 18.0 Å². The van der Waals surface area contributed by atoms with Crippen molar-refractivity contribution in [1.29, 1.82) is 0 Å². The summed E-state index contributed by atoms with van der Waals surface area (Å²) in [6.45, 7) is -0.602. The SMILES string of the molecule is CNC/C=C(\F)C(F)(F)C(F)(F)C(F)(F)F. The van der Waals surface area contributed by atoms with E-state index in [0.717, 1.165) is 0 Å². The molecule has 1 N–H and O–H groups in total. The highest BCUT2D eigenvalue weighted by molar-refractivity contribution is 5.13. The number of allylic oxidation sites excluding steroid dienone is 1. The molecule has 0 aliphatic carbocycles. The third-order valence-electron chi connectivity index (χ3n) is 1.54. The van der Waals surface area contributed by atoms with Crippen LogP contribution in [0.4, 0.5) is 35.1 Å². The summed E-state index contributed by atoms with van der Waals surface area (Å²) in [7, 11) is 1.17. The van der Waals surface area contributed by atoms with Gasteiger partial charge in [0.05, 0.1) is 0 Å². The molecule has 0 fully saturated rings. The Kier molecular flexibility index (Phi) is 4.31. The molecule has 1 nitrogen and oxygen atoms in total. The molecule has 16 heavy (non-hydrogen) atoms. The van der Waals surface area contributed by atoms with Crippen molar-refractivity contribution in [2.75, 3.05) is 13.6 Å². The molecule has 96 valence electrons. The molecular formula is C7H7F8N. The van der Waals surface area contributed by atoms with Crippen LogP contribution in [0.2, 0.25) is 0 Å². The predicted molar refractivity (Wildman–Crippen MR) is 39.1 cm³/mol. The average molecular weight is 257 g/mol. The Labute approximate surface area is 85.1 Å². The predicted octanol–water partition coefficient (Wildman–Crippen LogP) is 2.89. The summed E-state index contributed by atoms with van der Waals surface area (Å²) in [5, 5.41) is 2.09. The fraction of sp³-hybridized carbons (Fsp3) is 0.714. The van der Waals surface area contributed by atoms with Gasteiger partial charge in [0.1, 0.15) is 0 Å². The molecule has 9 heteroatoms. The maximum atomic E-state index is 12.5. The maximum absolute atomic E-state index is 12.5. The van der Waals surface area contributed by atoms with E-state index in [1.165, 1.54) is 7.05 Å². The molecule has 0 radical (unpaired) electrons. The van der Waals surface area contributed by atoms with Gasteiger partial charge < -0.3 is 5.32 Å². The molecule has 0 aliphatic rings. The molecule has 0 heterocycles. The van der Waals surface area contributed by atoms with Crippen LogP contribution in [0.15, 0.2) is 11.9 Å². The first-order chi connectivity index (χ1) is 6.98. The van der Waals surface area contributed by atoms with E-state index in [2.05, 4.69) is 5.32 Å². The molecule has 0 unspecified atom stereocenters. The van der Waals surface area contributed by atoms with Gasteiger partial charge in [-0.2, -0.15) is 30.7 Å². The number of rotatable bonds is 4. The Morgan fingerprint density at radius 1 is 1.06 bits per heavy atom. The molecule has 0 saturated carbocycles. The standard InChI is InChI=1S/C7H7F8N/c1-16-3-2-4(8)5(9,10)6(11,12)7(13,14)15/h2,16H,3H2,1H3/b4-2-. The lowest BCUT2D eigenvalue weighted by Gasteiger charge is -2.26. The van der Waals surface area contributed by atoms with Gasteiger partial charge in [0, 0.05) is 6.54 Å². The van der Waals surface area contributed by atoms with Gasteiger partial charge in [-0.1, -0.05) is 0 Å². The highest BCUT2D eigenvalue weighted by atomic mass is 19.4. The molecule has 0 saturated heterocycles. The highest BCUT2D eigenvalue weighted by Gasteiger charge is 2.74. The van der Waals surface area contributed by atoms with Crippen LogP contribution >= 0.6 is 0 Å². The summed E-state index contributed by atoms with van der Waals surface area (Å²) in [6.07, 6.45) is -6.61. The van der Waals surface area contributed by atoms with Crippen molar-refractivity contribution < 1.29 is 35.1 Å². The third-order valence-corrected chi connectivity index (χ3v) is 1.54. The fourth-order valence-corrected chi connectivity index (χ4v) is 0.648. The Hall–Kier alpha value is -0.860. The van der Waals surface area contributed by atoms with Crippen molar-refractivity contribution in [3.8, 4) is 0 Å². The van der Waals surface area contributed by atoms with E-state index in [9.17, 15) is 35.1 Å². The Morgan fingerprint density at radius 2 is 1.50 bits per heavy atom. The average Bonchev–Trinajstić information content (AvgIpc) is 2.11. The minimum Gasteiger partial charge on any atom is -0.316 e. The quantitative estimate of drug-likeness (QED) is 0.763. The zero-order chi connectivity index (χ0) is 13.2. The fourth-order valence-electron chi connectivity index (χ4n) is 0.648. The number of likely N-dealkylation sites (N-methyl/N-ethyl adjacent to an activating group) is 1. The van der Waals surface area contributed by atoms with Crippen molar-refractivity contribution in [3.63, 3.8) is 0 Å². The van der Waals surface area contributed by atoms with E-state index >= 15 is 0 Å². The zero-order valence-corrected chi connectivity index (χ0v) is 7.81. The summed E-state index contributed by atoms with van der Waals surface area (Å²) >= 11 is 0. The van der Waals surface area contributed by atoms with Crippen LogP contribution in [0.25, 0.3) is 0 Å². The largest absolute Gasteiger partial charge is 0.460 e. The van der Waals surface area contributed by atoms with Crippen molar-refractivity contribution in [2.45, 2.75) is 18.0 Å². The first kappa shape index (κ1) is 15.1. The number of nitrogens with one attached hydrogen (secondary N) is 1. The van der Waals surface area contributed by atoms with E-state index in [1.54, 1.807) is 0 Å². The second kappa shape index (κ2) is 4.56. The molecule has 0 aromatic heterocycles. The molecule has 0 atom stereocenters. The molecular weight excluding hydrogens is 250 g/mol. The van der Waals surface area contributed by atoms with Gasteiger partial charge in [-0.25, -0.2) is 4.39 Å². The van der Waals surface area contributed by atoms with Gasteiger partial charge in [0.25, 0.3) is 0 Å². The number of hydrogen-bond donors (Lipinski definition) is 1. The second-order valence-electron chi connectivity index (χ2n) is 2.76. The molecule has 0 amide bonds. The van der Waals surface area contributed by atoms with Gasteiger partial charge in [0.2, 0.25) is 0 Å². The first-order valence-corrected chi connectivity index (χ1v) is 3.81. The number of alkyl halides is 7. The molecule has 0 bridgehead atoms. The first-order valence-electron chi connectivity index (χ1n) is 3.81. The lowest BCUT2D eigenvalue weighted by Crippen LogP contribution is -2.52. The van der Waals surface area contributed by atoms with Crippen LogP contribution in [-0.4, -0.2) is 31.6 Å². The van der Waals surface area contributed by atoms with E-state index < -0.39 is 30.4 Å². The van der Waals surface area contributed by atoms with Crippen LogP contribution in [-0.2, 0) is 0 Å².